The van der Waals surface area contributed by atoms with Crippen molar-refractivity contribution in [2.45, 2.75) is 45.1 Å². The highest BCUT2D eigenvalue weighted by Crippen LogP contribution is 2.24. The third-order valence-electron chi connectivity index (χ3n) is 4.64. The second-order valence-electron chi connectivity index (χ2n) is 6.15. The van der Waals surface area contributed by atoms with Crippen molar-refractivity contribution >= 4 is 6.03 Å². The zero-order valence-corrected chi connectivity index (χ0v) is 12.6. The van der Waals surface area contributed by atoms with E-state index in [1.165, 1.54) is 43.2 Å². The third-order valence-corrected chi connectivity index (χ3v) is 4.64. The van der Waals surface area contributed by atoms with Crippen LogP contribution in [0.2, 0.25) is 0 Å². The molecule has 21 heavy (non-hydrogen) atoms. The Kier molecular flexibility index (Phi) is 4.59. The molecule has 0 bridgehead atoms. The maximum absolute atomic E-state index is 12.2. The Morgan fingerprint density at radius 3 is 2.71 bits per heavy atom. The highest BCUT2D eigenvalue weighted by Gasteiger charge is 2.19. The lowest BCUT2D eigenvalue weighted by atomic mass is 9.89. The molecule has 3 nitrogen and oxygen atoms in total. The van der Waals surface area contributed by atoms with Gasteiger partial charge in [0.1, 0.15) is 0 Å². The number of allylic oxidation sites excluding steroid dienone is 1. The van der Waals surface area contributed by atoms with Crippen LogP contribution in [0.5, 0.6) is 0 Å². The number of benzene rings is 1. The van der Waals surface area contributed by atoms with Crippen LogP contribution in [-0.4, -0.2) is 17.5 Å². The molecule has 1 saturated carbocycles. The van der Waals surface area contributed by atoms with Gasteiger partial charge in [0.05, 0.1) is 0 Å². The van der Waals surface area contributed by atoms with Gasteiger partial charge in [-0.2, -0.15) is 0 Å². The van der Waals surface area contributed by atoms with Gasteiger partial charge in [-0.1, -0.05) is 49.6 Å². The molecular weight excluding hydrogens is 260 g/mol. The Bertz CT molecular complexity index is 518. The van der Waals surface area contributed by atoms with Crippen molar-refractivity contribution in [1.82, 2.24) is 10.2 Å². The van der Waals surface area contributed by atoms with Crippen LogP contribution in [0.15, 0.2) is 36.5 Å². The molecule has 0 atom stereocenters. The largest absolute Gasteiger partial charge is 0.321 e. The van der Waals surface area contributed by atoms with Crippen molar-refractivity contribution in [3.8, 4) is 0 Å². The summed E-state index contributed by atoms with van der Waals surface area (Å²) in [5.41, 5.74) is 2.65. The fraction of sp³-hybridized carbons (Fsp3) is 0.500. The van der Waals surface area contributed by atoms with Crippen LogP contribution in [0.25, 0.3) is 0 Å². The number of fused-ring (bicyclic) bond motifs is 1. The second-order valence-corrected chi connectivity index (χ2v) is 6.15. The summed E-state index contributed by atoms with van der Waals surface area (Å²) in [6.07, 6.45) is 11.5. The molecule has 1 heterocycles. The van der Waals surface area contributed by atoms with E-state index in [0.717, 1.165) is 19.5 Å². The van der Waals surface area contributed by atoms with Crippen molar-refractivity contribution in [1.29, 1.82) is 0 Å². The molecule has 0 radical (unpaired) electrons. The predicted octanol–water partition coefficient (Wildman–Crippen LogP) is 3.85. The van der Waals surface area contributed by atoms with Crippen LogP contribution in [-0.2, 0) is 13.0 Å². The van der Waals surface area contributed by atoms with Crippen molar-refractivity contribution in [2.24, 2.45) is 5.92 Å². The van der Waals surface area contributed by atoms with E-state index in [1.54, 1.807) is 0 Å². The second kappa shape index (κ2) is 6.79. The molecule has 0 aromatic heterocycles. The topological polar surface area (TPSA) is 32.3 Å². The lowest BCUT2D eigenvalue weighted by molar-refractivity contribution is 0.196. The monoisotopic (exact) mass is 284 g/mol. The zero-order valence-electron chi connectivity index (χ0n) is 12.6. The van der Waals surface area contributed by atoms with Gasteiger partial charge in [-0.15, -0.1) is 0 Å². The fourth-order valence-corrected chi connectivity index (χ4v) is 3.34. The van der Waals surface area contributed by atoms with Crippen LogP contribution < -0.4 is 5.32 Å². The summed E-state index contributed by atoms with van der Waals surface area (Å²) < 4.78 is 0. The van der Waals surface area contributed by atoms with Gasteiger partial charge in [-0.3, -0.25) is 0 Å². The van der Waals surface area contributed by atoms with Crippen LogP contribution in [0, 0.1) is 5.92 Å². The predicted molar refractivity (Wildman–Crippen MR) is 84.8 cm³/mol. The molecule has 1 aliphatic heterocycles. The average molecular weight is 284 g/mol. The van der Waals surface area contributed by atoms with Gasteiger partial charge >= 0.3 is 6.03 Å². The SMILES string of the molecule is O=C(N/C=C/C1CCCCC1)N1CCc2ccccc2C1. The van der Waals surface area contributed by atoms with Crippen LogP contribution in [0.4, 0.5) is 4.79 Å². The number of hydrogen-bond donors (Lipinski definition) is 1. The van der Waals surface area contributed by atoms with E-state index < -0.39 is 0 Å². The van der Waals surface area contributed by atoms with E-state index in [1.807, 2.05) is 17.2 Å². The Hall–Kier alpha value is -1.77. The molecule has 0 saturated heterocycles. The minimum Gasteiger partial charge on any atom is -0.320 e. The molecule has 1 aromatic rings. The summed E-state index contributed by atoms with van der Waals surface area (Å²) in [6.45, 7) is 1.53. The summed E-state index contributed by atoms with van der Waals surface area (Å²) in [6, 6.07) is 8.42. The summed E-state index contributed by atoms with van der Waals surface area (Å²) in [4.78, 5) is 14.1. The minimum atomic E-state index is 0.0246. The van der Waals surface area contributed by atoms with Gasteiger partial charge in [0.15, 0.2) is 0 Å². The molecule has 3 heteroatoms. The standard InChI is InChI=1S/C18H24N2O/c21-18(19-12-10-15-6-2-1-3-7-15)20-13-11-16-8-4-5-9-17(16)14-20/h4-5,8-10,12,15H,1-3,6-7,11,13-14H2,(H,19,21)/b12-10+. The normalized spacial score (nSPS) is 19.5. The molecule has 2 amide bonds. The first-order valence-corrected chi connectivity index (χ1v) is 8.12. The Labute approximate surface area is 127 Å². The van der Waals surface area contributed by atoms with Crippen molar-refractivity contribution in [3.05, 3.63) is 47.7 Å². The van der Waals surface area contributed by atoms with Gasteiger partial charge in [-0.05, 0) is 36.3 Å². The quantitative estimate of drug-likeness (QED) is 0.879. The number of hydrogen-bond acceptors (Lipinski definition) is 1. The van der Waals surface area contributed by atoms with Gasteiger partial charge in [0.2, 0.25) is 0 Å². The number of rotatable bonds is 2. The molecular formula is C18H24N2O. The molecule has 1 N–H and O–H groups in total. The van der Waals surface area contributed by atoms with E-state index in [0.29, 0.717) is 5.92 Å². The highest BCUT2D eigenvalue weighted by molar-refractivity contribution is 5.75. The Morgan fingerprint density at radius 2 is 1.90 bits per heavy atom. The summed E-state index contributed by atoms with van der Waals surface area (Å²) in [5.74, 6) is 0.654. The molecule has 1 aromatic carbocycles. The third kappa shape index (κ3) is 3.66. The summed E-state index contributed by atoms with van der Waals surface area (Å²) in [5, 5.41) is 2.94. The smallest absolute Gasteiger partial charge is 0.320 e. The lowest BCUT2D eigenvalue weighted by Gasteiger charge is -2.28. The average Bonchev–Trinajstić information content (AvgIpc) is 2.55. The Balaban J connectivity index is 1.51. The van der Waals surface area contributed by atoms with E-state index in [2.05, 4.69) is 29.6 Å². The fourth-order valence-electron chi connectivity index (χ4n) is 3.34. The number of carbonyl (C=O) groups excluding carboxylic acids is 1. The molecule has 1 aliphatic carbocycles. The van der Waals surface area contributed by atoms with Gasteiger partial charge < -0.3 is 10.2 Å². The maximum Gasteiger partial charge on any atom is 0.321 e. The van der Waals surface area contributed by atoms with Crippen molar-refractivity contribution in [2.75, 3.05) is 6.54 Å². The zero-order chi connectivity index (χ0) is 14.5. The Morgan fingerprint density at radius 1 is 1.14 bits per heavy atom. The molecule has 2 aliphatic rings. The van der Waals surface area contributed by atoms with E-state index >= 15 is 0 Å². The van der Waals surface area contributed by atoms with Crippen LogP contribution in [0.1, 0.15) is 43.2 Å². The molecule has 112 valence electrons. The molecule has 0 unspecified atom stereocenters. The first-order chi connectivity index (χ1) is 10.3. The van der Waals surface area contributed by atoms with E-state index in [4.69, 9.17) is 0 Å². The first kappa shape index (κ1) is 14.2. The maximum atomic E-state index is 12.2. The minimum absolute atomic E-state index is 0.0246. The number of amides is 2. The van der Waals surface area contributed by atoms with Gasteiger partial charge in [-0.25, -0.2) is 4.79 Å². The van der Waals surface area contributed by atoms with Gasteiger partial charge in [0.25, 0.3) is 0 Å². The number of nitrogens with one attached hydrogen (secondary N) is 1. The summed E-state index contributed by atoms with van der Waals surface area (Å²) in [7, 11) is 0. The summed E-state index contributed by atoms with van der Waals surface area (Å²) >= 11 is 0. The first-order valence-electron chi connectivity index (χ1n) is 8.12. The van der Waals surface area contributed by atoms with E-state index in [9.17, 15) is 4.79 Å². The van der Waals surface area contributed by atoms with Crippen molar-refractivity contribution < 1.29 is 4.79 Å². The van der Waals surface area contributed by atoms with Crippen LogP contribution >= 0.6 is 0 Å². The van der Waals surface area contributed by atoms with E-state index in [-0.39, 0.29) is 6.03 Å². The van der Waals surface area contributed by atoms with Crippen LogP contribution in [0.3, 0.4) is 0 Å². The van der Waals surface area contributed by atoms with Crippen molar-refractivity contribution in [3.63, 3.8) is 0 Å². The number of carbonyl (C=O) groups is 1. The molecule has 1 fully saturated rings. The lowest BCUT2D eigenvalue weighted by Crippen LogP contribution is -2.40. The molecule has 0 spiro atoms. The number of urea groups is 1. The van der Waals surface area contributed by atoms with Gasteiger partial charge in [0, 0.05) is 19.3 Å². The molecule has 3 rings (SSSR count). The number of nitrogens with zero attached hydrogens (tertiary/aromatic N) is 1. The highest BCUT2D eigenvalue weighted by atomic mass is 16.2.